The minimum atomic E-state index is -0.195. The van der Waals surface area contributed by atoms with Gasteiger partial charge in [0.25, 0.3) is 5.56 Å². The van der Waals surface area contributed by atoms with Gasteiger partial charge in [0.05, 0.1) is 11.9 Å². The molecule has 24 heavy (non-hydrogen) atoms. The van der Waals surface area contributed by atoms with Crippen LogP contribution in [0.4, 0.5) is 0 Å². The Morgan fingerprint density at radius 2 is 1.83 bits per heavy atom. The highest BCUT2D eigenvalue weighted by molar-refractivity contribution is 5.77. The summed E-state index contributed by atoms with van der Waals surface area (Å²) in [6.45, 7) is 0.259. The van der Waals surface area contributed by atoms with Gasteiger partial charge in [0.1, 0.15) is 5.52 Å². The largest absolute Gasteiger partial charge is 0.353 e. The van der Waals surface area contributed by atoms with E-state index in [0.717, 1.165) is 12.8 Å². The minimum absolute atomic E-state index is 0.0116. The molecule has 1 heterocycles. The average Bonchev–Trinajstić information content (AvgIpc) is 2.57. The molecule has 1 aromatic carbocycles. The fraction of sp³-hybridized carbons (Fsp3) is 0.556. The Morgan fingerprint density at radius 3 is 2.62 bits per heavy atom. The van der Waals surface area contributed by atoms with Crippen LogP contribution in [0.1, 0.15) is 51.4 Å². The van der Waals surface area contributed by atoms with Crippen LogP contribution in [-0.4, -0.2) is 26.9 Å². The molecular formula is C18H24N4O2. The third-order valence-electron chi connectivity index (χ3n) is 4.65. The Bertz CT molecular complexity index is 748. The van der Waals surface area contributed by atoms with Crippen molar-refractivity contribution in [1.29, 1.82) is 0 Å². The Labute approximate surface area is 141 Å². The molecule has 0 aliphatic heterocycles. The fourth-order valence-corrected chi connectivity index (χ4v) is 3.28. The molecule has 128 valence electrons. The van der Waals surface area contributed by atoms with Crippen LogP contribution in [0.2, 0.25) is 0 Å². The average molecular weight is 328 g/mol. The number of rotatable bonds is 4. The molecule has 0 atom stereocenters. The summed E-state index contributed by atoms with van der Waals surface area (Å²) in [5.41, 5.74) is 0.386. The second kappa shape index (κ2) is 8.04. The predicted octanol–water partition coefficient (Wildman–Crippen LogP) is 2.41. The van der Waals surface area contributed by atoms with Crippen molar-refractivity contribution < 1.29 is 4.79 Å². The van der Waals surface area contributed by atoms with Gasteiger partial charge in [-0.15, -0.1) is 5.10 Å². The maximum absolute atomic E-state index is 12.3. The van der Waals surface area contributed by atoms with E-state index in [0.29, 0.717) is 10.9 Å². The van der Waals surface area contributed by atoms with Crippen LogP contribution in [0.5, 0.6) is 0 Å². The topological polar surface area (TPSA) is 76.9 Å². The number of carbonyl (C=O) groups excluding carboxylic acids is 1. The molecule has 1 fully saturated rings. The van der Waals surface area contributed by atoms with Crippen molar-refractivity contribution in [2.45, 2.75) is 64.0 Å². The number of nitrogens with zero attached hydrogens (tertiary/aromatic N) is 3. The summed E-state index contributed by atoms with van der Waals surface area (Å²) >= 11 is 0. The number of amides is 1. The van der Waals surface area contributed by atoms with Crippen molar-refractivity contribution >= 4 is 16.8 Å². The number of hydrogen-bond acceptors (Lipinski definition) is 4. The quantitative estimate of drug-likeness (QED) is 0.935. The van der Waals surface area contributed by atoms with Gasteiger partial charge in [-0.1, -0.05) is 49.5 Å². The van der Waals surface area contributed by atoms with E-state index in [-0.39, 0.29) is 30.5 Å². The van der Waals surface area contributed by atoms with Gasteiger partial charge >= 0.3 is 0 Å². The molecule has 1 N–H and O–H groups in total. The smallest absolute Gasteiger partial charge is 0.277 e. The van der Waals surface area contributed by atoms with E-state index < -0.39 is 0 Å². The summed E-state index contributed by atoms with van der Waals surface area (Å²) in [5, 5.41) is 11.6. The number of benzene rings is 1. The summed E-state index contributed by atoms with van der Waals surface area (Å²) in [5.74, 6) is -0.0116. The van der Waals surface area contributed by atoms with E-state index in [1.807, 2.05) is 6.07 Å². The minimum Gasteiger partial charge on any atom is -0.353 e. The molecule has 1 amide bonds. The molecule has 0 spiro atoms. The zero-order valence-electron chi connectivity index (χ0n) is 13.9. The summed E-state index contributed by atoms with van der Waals surface area (Å²) in [6.07, 6.45) is 8.56. The molecule has 1 saturated carbocycles. The second-order valence-corrected chi connectivity index (χ2v) is 6.49. The zero-order valence-corrected chi connectivity index (χ0v) is 13.9. The molecule has 3 rings (SSSR count). The number of hydrogen-bond donors (Lipinski definition) is 1. The van der Waals surface area contributed by atoms with Crippen LogP contribution >= 0.6 is 0 Å². The van der Waals surface area contributed by atoms with Gasteiger partial charge in [-0.05, 0) is 25.0 Å². The molecule has 0 bridgehead atoms. The van der Waals surface area contributed by atoms with Gasteiger partial charge in [0, 0.05) is 12.5 Å². The molecule has 1 aromatic heterocycles. The first kappa shape index (κ1) is 16.6. The Hall–Kier alpha value is -2.24. The van der Waals surface area contributed by atoms with Gasteiger partial charge < -0.3 is 5.32 Å². The van der Waals surface area contributed by atoms with Crippen LogP contribution in [0, 0.1) is 0 Å². The highest BCUT2D eigenvalue weighted by Gasteiger charge is 2.14. The van der Waals surface area contributed by atoms with Gasteiger partial charge in [0.15, 0.2) is 0 Å². The molecule has 0 radical (unpaired) electrons. The first-order chi connectivity index (χ1) is 11.7. The molecule has 1 aliphatic rings. The molecule has 6 nitrogen and oxygen atoms in total. The van der Waals surface area contributed by atoms with Crippen LogP contribution in [-0.2, 0) is 11.3 Å². The molecule has 0 saturated heterocycles. The van der Waals surface area contributed by atoms with Crippen molar-refractivity contribution in [3.8, 4) is 0 Å². The van der Waals surface area contributed by atoms with Crippen LogP contribution in [0.25, 0.3) is 10.9 Å². The fourth-order valence-electron chi connectivity index (χ4n) is 3.28. The van der Waals surface area contributed by atoms with E-state index in [9.17, 15) is 9.59 Å². The maximum atomic E-state index is 12.3. The lowest BCUT2D eigenvalue weighted by Gasteiger charge is -2.21. The Morgan fingerprint density at radius 1 is 1.12 bits per heavy atom. The number of aromatic nitrogens is 3. The van der Waals surface area contributed by atoms with Crippen molar-refractivity contribution in [1.82, 2.24) is 20.3 Å². The third kappa shape index (κ3) is 4.19. The number of carbonyl (C=O) groups is 1. The number of fused-ring (bicyclic) bond motifs is 1. The van der Waals surface area contributed by atoms with E-state index in [1.165, 1.54) is 36.8 Å². The van der Waals surface area contributed by atoms with E-state index >= 15 is 0 Å². The molecule has 2 aromatic rings. The predicted molar refractivity (Wildman–Crippen MR) is 92.7 cm³/mol. The molecule has 6 heteroatoms. The monoisotopic (exact) mass is 328 g/mol. The Balaban J connectivity index is 1.58. The Kier molecular flexibility index (Phi) is 5.56. The molecular weight excluding hydrogens is 304 g/mol. The highest BCUT2D eigenvalue weighted by Crippen LogP contribution is 2.17. The van der Waals surface area contributed by atoms with Crippen LogP contribution in [0.3, 0.4) is 0 Å². The standard InChI is InChI=1S/C18H24N4O2/c23-17(19-14-8-4-2-1-3-5-9-14)12-13-22-18(24)15-10-6-7-11-16(15)20-21-22/h6-7,10-11,14H,1-5,8-9,12-13H2,(H,19,23). The summed E-state index contributed by atoms with van der Waals surface area (Å²) in [4.78, 5) is 24.5. The SMILES string of the molecule is O=C(CCn1nnc2ccccc2c1=O)NC1CCCCCCC1. The van der Waals surface area contributed by atoms with Gasteiger partial charge in [-0.2, -0.15) is 0 Å². The lowest BCUT2D eigenvalue weighted by atomic mass is 9.96. The number of nitrogens with one attached hydrogen (secondary N) is 1. The first-order valence-electron chi connectivity index (χ1n) is 8.86. The van der Waals surface area contributed by atoms with Gasteiger partial charge in [-0.25, -0.2) is 4.68 Å². The van der Waals surface area contributed by atoms with E-state index in [2.05, 4.69) is 15.6 Å². The highest BCUT2D eigenvalue weighted by atomic mass is 16.2. The van der Waals surface area contributed by atoms with Gasteiger partial charge in [0.2, 0.25) is 5.91 Å². The van der Waals surface area contributed by atoms with Crippen molar-refractivity contribution in [2.24, 2.45) is 0 Å². The first-order valence-corrected chi connectivity index (χ1v) is 8.86. The zero-order chi connectivity index (χ0) is 16.8. The molecule has 1 aliphatic carbocycles. The van der Waals surface area contributed by atoms with E-state index in [4.69, 9.17) is 0 Å². The summed E-state index contributed by atoms with van der Waals surface area (Å²) in [7, 11) is 0. The van der Waals surface area contributed by atoms with Crippen LogP contribution < -0.4 is 10.9 Å². The van der Waals surface area contributed by atoms with Crippen molar-refractivity contribution in [2.75, 3.05) is 0 Å². The molecule has 0 unspecified atom stereocenters. The van der Waals surface area contributed by atoms with Crippen molar-refractivity contribution in [3.63, 3.8) is 0 Å². The van der Waals surface area contributed by atoms with Crippen molar-refractivity contribution in [3.05, 3.63) is 34.6 Å². The van der Waals surface area contributed by atoms with Gasteiger partial charge in [-0.3, -0.25) is 9.59 Å². The lowest BCUT2D eigenvalue weighted by molar-refractivity contribution is -0.122. The lowest BCUT2D eigenvalue weighted by Crippen LogP contribution is -2.36. The third-order valence-corrected chi connectivity index (χ3v) is 4.65. The summed E-state index contributed by atoms with van der Waals surface area (Å²) in [6, 6.07) is 7.39. The van der Waals surface area contributed by atoms with E-state index in [1.54, 1.807) is 18.2 Å². The second-order valence-electron chi connectivity index (χ2n) is 6.49. The maximum Gasteiger partial charge on any atom is 0.277 e. The number of aryl methyl sites for hydroxylation is 1. The van der Waals surface area contributed by atoms with Crippen LogP contribution in [0.15, 0.2) is 29.1 Å². The summed E-state index contributed by atoms with van der Waals surface area (Å²) < 4.78 is 1.28. The normalized spacial score (nSPS) is 16.5.